The molecule has 3 aromatic rings. The Labute approximate surface area is 156 Å². The van der Waals surface area contributed by atoms with E-state index < -0.39 is 0 Å². The normalized spacial score (nSPS) is 10.7. The van der Waals surface area contributed by atoms with E-state index in [4.69, 9.17) is 0 Å². The van der Waals surface area contributed by atoms with Crippen molar-refractivity contribution in [2.45, 2.75) is 26.2 Å². The first-order valence-corrected chi connectivity index (χ1v) is 9.32. The van der Waals surface area contributed by atoms with Crippen LogP contribution < -0.4 is 5.32 Å². The predicted molar refractivity (Wildman–Crippen MR) is 101 cm³/mol. The van der Waals surface area contributed by atoms with Gasteiger partial charge in [-0.1, -0.05) is 18.2 Å². The number of aryl methyl sites for hydroxylation is 3. The minimum absolute atomic E-state index is 0.147. The minimum Gasteiger partial charge on any atom is -0.351 e. The number of carbonyl (C=O) groups is 1. The zero-order valence-electron chi connectivity index (χ0n) is 14.5. The number of thiazole rings is 1. The fourth-order valence-electron chi connectivity index (χ4n) is 2.66. The van der Waals surface area contributed by atoms with E-state index in [2.05, 4.69) is 15.3 Å². The lowest BCUT2D eigenvalue weighted by molar-refractivity contribution is 0.0957. The molecule has 1 N–H and O–H groups in total. The van der Waals surface area contributed by atoms with Crippen LogP contribution in [0.4, 0.5) is 4.39 Å². The Morgan fingerprint density at radius 1 is 1.12 bits per heavy atom. The summed E-state index contributed by atoms with van der Waals surface area (Å²) in [5, 5.41) is 3.80. The molecule has 4 nitrogen and oxygen atoms in total. The van der Waals surface area contributed by atoms with Crippen molar-refractivity contribution in [1.82, 2.24) is 15.3 Å². The van der Waals surface area contributed by atoms with Gasteiger partial charge in [0.05, 0.1) is 10.7 Å². The van der Waals surface area contributed by atoms with Crippen LogP contribution in [0, 0.1) is 12.7 Å². The first-order chi connectivity index (χ1) is 12.6. The van der Waals surface area contributed by atoms with Crippen molar-refractivity contribution < 1.29 is 9.18 Å². The highest BCUT2D eigenvalue weighted by Crippen LogP contribution is 2.19. The Morgan fingerprint density at radius 3 is 2.65 bits per heavy atom. The monoisotopic (exact) mass is 369 g/mol. The van der Waals surface area contributed by atoms with Gasteiger partial charge in [-0.05, 0) is 49.1 Å². The number of aromatic nitrogens is 2. The van der Waals surface area contributed by atoms with Gasteiger partial charge in [0.1, 0.15) is 10.7 Å². The Morgan fingerprint density at radius 2 is 1.88 bits per heavy atom. The van der Waals surface area contributed by atoms with Crippen molar-refractivity contribution >= 4 is 17.2 Å². The Bertz CT molecular complexity index is 880. The number of benzene rings is 1. The summed E-state index contributed by atoms with van der Waals surface area (Å²) in [6.45, 7) is 2.24. The zero-order valence-corrected chi connectivity index (χ0v) is 15.4. The van der Waals surface area contributed by atoms with Crippen molar-refractivity contribution in [3.63, 3.8) is 0 Å². The van der Waals surface area contributed by atoms with Gasteiger partial charge in [-0.25, -0.2) is 9.37 Å². The molecule has 2 heterocycles. The van der Waals surface area contributed by atoms with Gasteiger partial charge in [-0.2, -0.15) is 0 Å². The summed E-state index contributed by atoms with van der Waals surface area (Å²) >= 11 is 1.42. The fraction of sp³-hybridized carbons (Fsp3) is 0.250. The van der Waals surface area contributed by atoms with Crippen LogP contribution in [0.2, 0.25) is 0 Å². The highest BCUT2D eigenvalue weighted by molar-refractivity contribution is 7.13. The number of rotatable bonds is 7. The number of amides is 1. The van der Waals surface area contributed by atoms with Gasteiger partial charge >= 0.3 is 0 Å². The maximum atomic E-state index is 13.6. The molecule has 0 unspecified atom stereocenters. The molecule has 0 radical (unpaired) electrons. The second kappa shape index (κ2) is 8.67. The Balaban J connectivity index is 1.54. The van der Waals surface area contributed by atoms with Gasteiger partial charge in [0.2, 0.25) is 0 Å². The third kappa shape index (κ3) is 4.73. The molecule has 0 spiro atoms. The van der Waals surface area contributed by atoms with Gasteiger partial charge in [0.15, 0.2) is 0 Å². The number of pyridine rings is 1. The summed E-state index contributed by atoms with van der Waals surface area (Å²) in [6, 6.07) is 10.6. The molecule has 0 bridgehead atoms. The van der Waals surface area contributed by atoms with Crippen molar-refractivity contribution in [3.8, 4) is 0 Å². The van der Waals surface area contributed by atoms with E-state index in [9.17, 15) is 9.18 Å². The molecule has 0 saturated heterocycles. The zero-order chi connectivity index (χ0) is 18.4. The van der Waals surface area contributed by atoms with Crippen molar-refractivity contribution in [2.24, 2.45) is 0 Å². The summed E-state index contributed by atoms with van der Waals surface area (Å²) in [7, 11) is 0. The van der Waals surface area contributed by atoms with Crippen molar-refractivity contribution in [1.29, 1.82) is 0 Å². The number of nitrogens with zero attached hydrogens (tertiary/aromatic N) is 2. The smallest absolute Gasteiger partial charge is 0.263 e. The van der Waals surface area contributed by atoms with E-state index in [1.54, 1.807) is 30.6 Å². The quantitative estimate of drug-likeness (QED) is 0.690. The largest absolute Gasteiger partial charge is 0.351 e. The van der Waals surface area contributed by atoms with Crippen molar-refractivity contribution in [3.05, 3.63) is 81.3 Å². The lowest BCUT2D eigenvalue weighted by atomic mass is 10.1. The molecule has 1 amide bonds. The minimum atomic E-state index is -0.242. The average molecular weight is 369 g/mol. The number of halogens is 1. The summed E-state index contributed by atoms with van der Waals surface area (Å²) in [4.78, 5) is 21.5. The average Bonchev–Trinajstić information content (AvgIpc) is 3.03. The molecule has 6 heteroatoms. The molecular formula is C20H20FN3OS. The van der Waals surface area contributed by atoms with E-state index in [0.29, 0.717) is 23.4 Å². The van der Waals surface area contributed by atoms with Gasteiger partial charge in [0, 0.05) is 25.4 Å². The molecule has 2 aromatic heterocycles. The van der Waals surface area contributed by atoms with Gasteiger partial charge in [-0.15, -0.1) is 11.3 Å². The molecule has 1 aromatic carbocycles. The number of hydrogen-bond donors (Lipinski definition) is 1. The summed E-state index contributed by atoms with van der Waals surface area (Å²) < 4.78 is 13.6. The molecule has 0 aliphatic rings. The molecule has 3 rings (SSSR count). The third-order valence-corrected chi connectivity index (χ3v) is 5.28. The van der Waals surface area contributed by atoms with Crippen LogP contribution in [0.15, 0.2) is 48.8 Å². The lowest BCUT2D eigenvalue weighted by Crippen LogP contribution is -2.25. The molecule has 0 fully saturated rings. The van der Waals surface area contributed by atoms with Crippen LogP contribution >= 0.6 is 11.3 Å². The van der Waals surface area contributed by atoms with Crippen LogP contribution in [-0.4, -0.2) is 22.4 Å². The number of nitrogens with one attached hydrogen (secondary N) is 1. The van der Waals surface area contributed by atoms with Crippen molar-refractivity contribution in [2.75, 3.05) is 6.54 Å². The molecule has 26 heavy (non-hydrogen) atoms. The van der Waals surface area contributed by atoms with Gasteiger partial charge < -0.3 is 5.32 Å². The summed E-state index contributed by atoms with van der Waals surface area (Å²) in [5.74, 6) is -0.388. The van der Waals surface area contributed by atoms with E-state index in [1.807, 2.05) is 19.1 Å². The number of carbonyl (C=O) groups excluding carboxylic acids is 1. The first-order valence-electron chi connectivity index (χ1n) is 8.50. The SMILES string of the molecule is Cc1nc(CCc2ccncc2)sc1C(=O)NCCc1ccccc1F. The van der Waals surface area contributed by atoms with E-state index in [0.717, 1.165) is 23.5 Å². The molecule has 0 saturated carbocycles. The van der Waals surface area contributed by atoms with Gasteiger partial charge in [-0.3, -0.25) is 9.78 Å². The first kappa shape index (κ1) is 18.2. The molecular weight excluding hydrogens is 349 g/mol. The molecule has 0 aliphatic carbocycles. The fourth-order valence-corrected chi connectivity index (χ4v) is 3.64. The van der Waals surface area contributed by atoms with Crippen LogP contribution in [0.3, 0.4) is 0 Å². The predicted octanol–water partition coefficient (Wildman–Crippen LogP) is 3.74. The van der Waals surface area contributed by atoms with Crippen LogP contribution in [-0.2, 0) is 19.3 Å². The highest BCUT2D eigenvalue weighted by Gasteiger charge is 2.15. The van der Waals surface area contributed by atoms with Crippen LogP contribution in [0.1, 0.15) is 31.5 Å². The second-order valence-electron chi connectivity index (χ2n) is 5.97. The Hall–Kier alpha value is -2.60. The maximum Gasteiger partial charge on any atom is 0.263 e. The molecule has 0 atom stereocenters. The standard InChI is InChI=1S/C20H20FN3OS/c1-14-19(20(25)23-13-10-16-4-2-3-5-17(16)21)26-18(24-14)7-6-15-8-11-22-12-9-15/h2-5,8-9,11-12H,6-7,10,13H2,1H3,(H,23,25). The summed E-state index contributed by atoms with van der Waals surface area (Å²) in [6.07, 6.45) is 5.67. The van der Waals surface area contributed by atoms with E-state index in [-0.39, 0.29) is 11.7 Å². The van der Waals surface area contributed by atoms with Crippen LogP contribution in [0.5, 0.6) is 0 Å². The highest BCUT2D eigenvalue weighted by atomic mass is 32.1. The second-order valence-corrected chi connectivity index (χ2v) is 7.06. The van der Waals surface area contributed by atoms with E-state index >= 15 is 0 Å². The third-order valence-electron chi connectivity index (χ3n) is 4.06. The van der Waals surface area contributed by atoms with Gasteiger partial charge in [0.25, 0.3) is 5.91 Å². The molecule has 0 aliphatic heterocycles. The lowest BCUT2D eigenvalue weighted by Gasteiger charge is -2.05. The molecule has 134 valence electrons. The Kier molecular flexibility index (Phi) is 6.07. The topological polar surface area (TPSA) is 54.9 Å². The number of hydrogen-bond acceptors (Lipinski definition) is 4. The van der Waals surface area contributed by atoms with Crippen LogP contribution in [0.25, 0.3) is 0 Å². The van der Waals surface area contributed by atoms with E-state index in [1.165, 1.54) is 23.0 Å². The maximum absolute atomic E-state index is 13.6. The summed E-state index contributed by atoms with van der Waals surface area (Å²) in [5.41, 5.74) is 2.54.